The maximum absolute atomic E-state index is 12.2. The third-order valence-electron chi connectivity index (χ3n) is 3.22. The van der Waals surface area contributed by atoms with E-state index in [2.05, 4.69) is 0 Å². The lowest BCUT2D eigenvalue weighted by atomic mass is 10.1. The summed E-state index contributed by atoms with van der Waals surface area (Å²) in [7, 11) is 0. The van der Waals surface area contributed by atoms with Crippen LogP contribution in [0.3, 0.4) is 0 Å². The van der Waals surface area contributed by atoms with Gasteiger partial charge >= 0.3 is 12.1 Å². The monoisotopic (exact) mass is 364 g/mol. The Morgan fingerprint density at radius 1 is 1.00 bits per heavy atom. The average molecular weight is 364 g/mol. The van der Waals surface area contributed by atoms with Gasteiger partial charge in [0.2, 0.25) is 0 Å². The van der Waals surface area contributed by atoms with E-state index in [4.69, 9.17) is 0 Å². The van der Waals surface area contributed by atoms with Gasteiger partial charge in [-0.2, -0.15) is 13.2 Å². The first kappa shape index (κ1) is 18.8. The van der Waals surface area contributed by atoms with Gasteiger partial charge in [0.05, 0.1) is 4.92 Å². The fourth-order valence-corrected chi connectivity index (χ4v) is 1.90. The highest BCUT2D eigenvalue weighted by Gasteiger charge is 2.38. The third kappa shape index (κ3) is 5.00. The van der Waals surface area contributed by atoms with Gasteiger partial charge in [0.25, 0.3) is 5.69 Å². The normalized spacial score (nSPS) is 11.3. The molecule has 0 unspecified atom stereocenters. The number of nitrogens with one attached hydrogen (secondary N) is 1. The summed E-state index contributed by atoms with van der Waals surface area (Å²) in [4.78, 5) is 32.9. The van der Waals surface area contributed by atoms with Gasteiger partial charge in [0.15, 0.2) is 5.78 Å². The molecule has 0 aromatic heterocycles. The van der Waals surface area contributed by atoms with Crippen LogP contribution in [0.5, 0.6) is 0 Å². The second kappa shape index (κ2) is 7.60. The second-order valence-electron chi connectivity index (χ2n) is 5.08. The van der Waals surface area contributed by atoms with Crippen molar-refractivity contribution in [2.75, 3.05) is 5.32 Å². The smallest absolute Gasteiger partial charge is 0.318 e. The lowest BCUT2D eigenvalue weighted by Crippen LogP contribution is -2.29. The average Bonchev–Trinajstić information content (AvgIpc) is 2.59. The van der Waals surface area contributed by atoms with Crippen LogP contribution >= 0.6 is 0 Å². The van der Waals surface area contributed by atoms with Crippen LogP contribution in [0.4, 0.5) is 24.5 Å². The maximum Gasteiger partial charge on any atom is 0.471 e. The topological polar surface area (TPSA) is 89.3 Å². The van der Waals surface area contributed by atoms with Crippen LogP contribution in [0, 0.1) is 10.1 Å². The maximum atomic E-state index is 12.2. The molecule has 1 N–H and O–H groups in total. The number of ketones is 1. The number of amides is 1. The van der Waals surface area contributed by atoms with Gasteiger partial charge < -0.3 is 5.32 Å². The number of alkyl halides is 3. The number of nitro groups is 1. The van der Waals surface area contributed by atoms with E-state index in [0.717, 1.165) is 0 Å². The van der Waals surface area contributed by atoms with Crippen molar-refractivity contribution in [3.63, 3.8) is 0 Å². The largest absolute Gasteiger partial charge is 0.471 e. The van der Waals surface area contributed by atoms with Crippen LogP contribution in [0.25, 0.3) is 6.08 Å². The van der Waals surface area contributed by atoms with Crippen LogP contribution < -0.4 is 5.32 Å². The van der Waals surface area contributed by atoms with Gasteiger partial charge in [0, 0.05) is 23.4 Å². The highest BCUT2D eigenvalue weighted by Crippen LogP contribution is 2.19. The van der Waals surface area contributed by atoms with Crippen LogP contribution in [0.15, 0.2) is 54.6 Å². The zero-order valence-corrected chi connectivity index (χ0v) is 13.0. The first-order valence-electron chi connectivity index (χ1n) is 7.12. The summed E-state index contributed by atoms with van der Waals surface area (Å²) in [6, 6.07) is 10.4. The van der Waals surface area contributed by atoms with Gasteiger partial charge in [-0.05, 0) is 48.0 Å². The van der Waals surface area contributed by atoms with Crippen molar-refractivity contribution in [3.05, 3.63) is 75.8 Å². The third-order valence-corrected chi connectivity index (χ3v) is 3.22. The van der Waals surface area contributed by atoms with Crippen molar-refractivity contribution in [1.82, 2.24) is 0 Å². The van der Waals surface area contributed by atoms with Crippen molar-refractivity contribution in [2.45, 2.75) is 6.18 Å². The molecule has 0 saturated heterocycles. The minimum Gasteiger partial charge on any atom is -0.318 e. The molecular formula is C17H11F3N2O4. The highest BCUT2D eigenvalue weighted by atomic mass is 19.4. The Bertz CT molecular complexity index is 857. The number of allylic oxidation sites excluding steroid dienone is 1. The molecule has 0 spiro atoms. The number of nitro benzene ring substituents is 1. The summed E-state index contributed by atoms with van der Waals surface area (Å²) in [5, 5.41) is 12.2. The summed E-state index contributed by atoms with van der Waals surface area (Å²) < 4.78 is 36.5. The van der Waals surface area contributed by atoms with Crippen LogP contribution in [0.1, 0.15) is 15.9 Å². The molecule has 2 rings (SSSR count). The first-order valence-corrected chi connectivity index (χ1v) is 7.12. The molecule has 9 heteroatoms. The lowest BCUT2D eigenvalue weighted by Gasteiger charge is -2.07. The molecule has 2 aromatic rings. The Labute approximate surface area is 145 Å². The molecule has 0 aliphatic rings. The van der Waals surface area contributed by atoms with Crippen molar-refractivity contribution >= 4 is 29.1 Å². The molecule has 26 heavy (non-hydrogen) atoms. The predicted octanol–water partition coefficient (Wildman–Crippen LogP) is 3.99. The number of non-ortho nitro benzene ring substituents is 1. The molecule has 0 saturated carbocycles. The molecule has 1 amide bonds. The first-order chi connectivity index (χ1) is 12.2. The van der Waals surface area contributed by atoms with E-state index >= 15 is 0 Å². The summed E-state index contributed by atoms with van der Waals surface area (Å²) in [6.45, 7) is 0. The molecule has 0 fully saturated rings. The van der Waals surface area contributed by atoms with Gasteiger partial charge in [-0.15, -0.1) is 0 Å². The highest BCUT2D eigenvalue weighted by molar-refractivity contribution is 6.07. The van der Waals surface area contributed by atoms with Crippen molar-refractivity contribution in [1.29, 1.82) is 0 Å². The molecule has 0 bridgehead atoms. The number of rotatable bonds is 5. The molecule has 0 aliphatic carbocycles. The summed E-state index contributed by atoms with van der Waals surface area (Å²) >= 11 is 0. The zero-order chi connectivity index (χ0) is 19.3. The number of hydrogen-bond donors (Lipinski definition) is 1. The lowest BCUT2D eigenvalue weighted by molar-refractivity contribution is -0.384. The number of nitrogens with zero attached hydrogens (tertiary/aromatic N) is 1. The van der Waals surface area contributed by atoms with E-state index in [9.17, 15) is 32.9 Å². The summed E-state index contributed by atoms with van der Waals surface area (Å²) in [6.07, 6.45) is -2.32. The minimum absolute atomic E-state index is 0.0787. The van der Waals surface area contributed by atoms with E-state index in [1.165, 1.54) is 60.7 Å². The molecule has 0 heterocycles. The van der Waals surface area contributed by atoms with Gasteiger partial charge in [-0.25, -0.2) is 0 Å². The molecule has 134 valence electrons. The standard InChI is InChI=1S/C17H11F3N2O4/c18-17(19,20)16(24)21-13-6-4-12(5-7-13)15(23)10-3-11-1-8-14(9-2-11)22(25)26/h1-10H,(H,21,24)/b10-3+. The van der Waals surface area contributed by atoms with E-state index in [-0.39, 0.29) is 16.9 Å². The molecule has 6 nitrogen and oxygen atoms in total. The van der Waals surface area contributed by atoms with E-state index in [1.807, 2.05) is 0 Å². The molecule has 0 aliphatic heterocycles. The van der Waals surface area contributed by atoms with Crippen LogP contribution in [-0.4, -0.2) is 22.8 Å². The zero-order valence-electron chi connectivity index (χ0n) is 13.0. The Kier molecular flexibility index (Phi) is 5.51. The van der Waals surface area contributed by atoms with Gasteiger partial charge in [0.1, 0.15) is 0 Å². The van der Waals surface area contributed by atoms with E-state index in [1.54, 1.807) is 5.32 Å². The van der Waals surface area contributed by atoms with Crippen molar-refractivity contribution in [3.8, 4) is 0 Å². The number of hydrogen-bond acceptors (Lipinski definition) is 4. The predicted molar refractivity (Wildman–Crippen MR) is 87.6 cm³/mol. The number of halogens is 3. The van der Waals surface area contributed by atoms with Crippen LogP contribution in [-0.2, 0) is 4.79 Å². The Morgan fingerprint density at radius 3 is 2.08 bits per heavy atom. The minimum atomic E-state index is -5.00. The summed E-state index contributed by atoms with van der Waals surface area (Å²) in [5.74, 6) is -2.52. The van der Waals surface area contributed by atoms with Gasteiger partial charge in [-0.1, -0.05) is 6.08 Å². The molecule has 2 aromatic carbocycles. The van der Waals surface area contributed by atoms with E-state index < -0.39 is 22.8 Å². The fourth-order valence-electron chi connectivity index (χ4n) is 1.90. The molecule has 0 atom stereocenters. The SMILES string of the molecule is O=C(/C=C/c1ccc([N+](=O)[O-])cc1)c1ccc(NC(=O)C(F)(F)F)cc1. The van der Waals surface area contributed by atoms with Crippen LogP contribution in [0.2, 0.25) is 0 Å². The number of carbonyl (C=O) groups excluding carboxylic acids is 2. The van der Waals surface area contributed by atoms with E-state index in [0.29, 0.717) is 5.56 Å². The Hall–Kier alpha value is -3.49. The number of benzene rings is 2. The fraction of sp³-hybridized carbons (Fsp3) is 0.0588. The number of anilines is 1. The van der Waals surface area contributed by atoms with Crippen molar-refractivity contribution < 1.29 is 27.7 Å². The molecular weight excluding hydrogens is 353 g/mol. The number of carbonyl (C=O) groups is 2. The van der Waals surface area contributed by atoms with Crippen molar-refractivity contribution in [2.24, 2.45) is 0 Å². The van der Waals surface area contributed by atoms with Gasteiger partial charge in [-0.3, -0.25) is 19.7 Å². The summed E-state index contributed by atoms with van der Waals surface area (Å²) in [5.41, 5.74) is 0.597. The quantitative estimate of drug-likeness (QED) is 0.376. The Morgan fingerprint density at radius 2 is 1.58 bits per heavy atom. The molecule has 0 radical (unpaired) electrons. The Balaban J connectivity index is 2.03. The second-order valence-corrected chi connectivity index (χ2v) is 5.08.